The second-order valence-corrected chi connectivity index (χ2v) is 4.07. The van der Waals surface area contributed by atoms with Crippen molar-refractivity contribution in [2.24, 2.45) is 0 Å². The number of ether oxygens (including phenoxy) is 1. The monoisotopic (exact) mass is 265 g/mol. The molecule has 0 aliphatic heterocycles. The molecular weight excluding hydrogens is 259 g/mol. The molecule has 0 saturated carbocycles. The molecule has 0 fully saturated rings. The maximum atomic E-state index is 11.7. The predicted molar refractivity (Wildman–Crippen MR) is 66.7 cm³/mol. The summed E-state index contributed by atoms with van der Waals surface area (Å²) in [5.41, 5.74) is 0.354. The average molecular weight is 266 g/mol. The van der Waals surface area contributed by atoms with Gasteiger partial charge in [-0.25, -0.2) is 4.79 Å². The van der Waals surface area contributed by atoms with Gasteiger partial charge in [0.1, 0.15) is 5.75 Å². The van der Waals surface area contributed by atoms with E-state index in [0.717, 1.165) is 0 Å². The van der Waals surface area contributed by atoms with Gasteiger partial charge in [0.2, 0.25) is 0 Å². The Labute approximate surface area is 109 Å². The first-order valence-corrected chi connectivity index (χ1v) is 5.56. The van der Waals surface area contributed by atoms with Crippen LogP contribution in [0.2, 0.25) is 10.0 Å². The lowest BCUT2D eigenvalue weighted by molar-refractivity contribution is 0.0735. The highest BCUT2D eigenvalue weighted by atomic mass is 35.5. The van der Waals surface area contributed by atoms with Crippen LogP contribution in [-0.4, -0.2) is 5.97 Å². The number of halogens is 2. The summed E-state index contributed by atoms with van der Waals surface area (Å²) in [5, 5.41) is 0.722. The van der Waals surface area contributed by atoms with Crippen LogP contribution in [0.4, 0.5) is 0 Å². The van der Waals surface area contributed by atoms with E-state index in [1.165, 1.54) is 6.07 Å². The van der Waals surface area contributed by atoms with Gasteiger partial charge in [0, 0.05) is 0 Å². The van der Waals surface area contributed by atoms with E-state index in [9.17, 15) is 4.79 Å². The van der Waals surface area contributed by atoms with Gasteiger partial charge in [-0.15, -0.1) is 0 Å². The van der Waals surface area contributed by atoms with E-state index in [1.807, 2.05) is 0 Å². The van der Waals surface area contributed by atoms with Gasteiger partial charge < -0.3 is 4.74 Å². The molecule has 85 valence electrons. The van der Waals surface area contributed by atoms with Crippen molar-refractivity contribution in [1.29, 1.82) is 0 Å². The molecule has 0 unspecified atom stereocenters. The fourth-order valence-electron chi connectivity index (χ4n) is 1.23. The highest BCUT2D eigenvalue weighted by molar-refractivity contribution is 6.42. The topological polar surface area (TPSA) is 26.3 Å². The average Bonchev–Trinajstić information content (AvgIpc) is 2.34. The number of esters is 1. The Morgan fingerprint density at radius 1 is 1.06 bits per heavy atom. The van der Waals surface area contributed by atoms with Gasteiger partial charge >= 0.3 is 5.97 Å². The van der Waals surface area contributed by atoms with Crippen LogP contribution in [0, 0.1) is 6.07 Å². The molecule has 2 nitrogen and oxygen atoms in total. The lowest BCUT2D eigenvalue weighted by Crippen LogP contribution is -2.08. The number of hydrogen-bond acceptors (Lipinski definition) is 2. The molecular formula is C13H7Cl2O2. The zero-order valence-electron chi connectivity index (χ0n) is 8.61. The van der Waals surface area contributed by atoms with E-state index in [4.69, 9.17) is 27.9 Å². The van der Waals surface area contributed by atoms with E-state index < -0.39 is 5.97 Å². The number of benzene rings is 2. The highest BCUT2D eigenvalue weighted by Crippen LogP contribution is 2.23. The third-order valence-electron chi connectivity index (χ3n) is 2.05. The smallest absolute Gasteiger partial charge is 0.343 e. The molecule has 0 spiro atoms. The number of rotatable bonds is 2. The minimum absolute atomic E-state index is 0.322. The Balaban J connectivity index is 2.18. The van der Waals surface area contributed by atoms with Crippen molar-refractivity contribution in [1.82, 2.24) is 0 Å². The van der Waals surface area contributed by atoms with Gasteiger partial charge in [0.05, 0.1) is 15.6 Å². The van der Waals surface area contributed by atoms with Crippen LogP contribution in [0.3, 0.4) is 0 Å². The van der Waals surface area contributed by atoms with E-state index >= 15 is 0 Å². The van der Waals surface area contributed by atoms with Gasteiger partial charge in [0.25, 0.3) is 0 Å². The molecule has 0 saturated heterocycles. The standard InChI is InChI=1S/C13H7Cl2O2/c14-11-7-6-9(8-12(11)15)13(16)17-10-4-2-1-3-5-10/h2-8H. The molecule has 2 rings (SSSR count). The molecule has 0 atom stereocenters. The van der Waals surface area contributed by atoms with Crippen molar-refractivity contribution in [3.63, 3.8) is 0 Å². The summed E-state index contributed by atoms with van der Waals surface area (Å²) in [4.78, 5) is 11.7. The summed E-state index contributed by atoms with van der Waals surface area (Å²) in [7, 11) is 0. The molecule has 4 heteroatoms. The predicted octanol–water partition coefficient (Wildman–Crippen LogP) is 4.01. The third-order valence-corrected chi connectivity index (χ3v) is 2.79. The van der Waals surface area contributed by atoms with Crippen LogP contribution >= 0.6 is 23.2 Å². The van der Waals surface area contributed by atoms with Crippen LogP contribution in [0.15, 0.2) is 42.5 Å². The quantitative estimate of drug-likeness (QED) is 0.606. The Bertz CT molecular complexity index is 538. The maximum absolute atomic E-state index is 11.7. The van der Waals surface area contributed by atoms with Crippen LogP contribution in [0.5, 0.6) is 5.75 Å². The molecule has 2 aromatic carbocycles. The minimum atomic E-state index is -0.477. The summed E-state index contributed by atoms with van der Waals surface area (Å²) < 4.78 is 5.13. The van der Waals surface area contributed by atoms with Crippen molar-refractivity contribution in [3.05, 3.63) is 64.1 Å². The summed E-state index contributed by atoms with van der Waals surface area (Å²) in [6.07, 6.45) is 0. The Morgan fingerprint density at radius 3 is 2.41 bits per heavy atom. The number of carbonyl (C=O) groups excluding carboxylic acids is 1. The molecule has 0 aliphatic rings. The molecule has 0 amide bonds. The zero-order chi connectivity index (χ0) is 12.3. The summed E-state index contributed by atoms with van der Waals surface area (Å²) in [5.74, 6) is -0.0189. The molecule has 0 bridgehead atoms. The highest BCUT2D eigenvalue weighted by Gasteiger charge is 2.10. The Kier molecular flexibility index (Phi) is 3.67. The molecule has 1 radical (unpaired) electrons. The summed E-state index contributed by atoms with van der Waals surface area (Å²) >= 11 is 11.6. The normalized spacial score (nSPS) is 10.0. The molecule has 0 aliphatic carbocycles. The van der Waals surface area contributed by atoms with Gasteiger partial charge in [0.15, 0.2) is 0 Å². The van der Waals surface area contributed by atoms with Crippen LogP contribution in [0.25, 0.3) is 0 Å². The van der Waals surface area contributed by atoms with E-state index in [2.05, 4.69) is 6.07 Å². The Morgan fingerprint density at radius 2 is 1.76 bits per heavy atom. The van der Waals surface area contributed by atoms with Gasteiger partial charge in [-0.3, -0.25) is 0 Å². The van der Waals surface area contributed by atoms with Crippen LogP contribution in [0.1, 0.15) is 10.4 Å². The molecule has 17 heavy (non-hydrogen) atoms. The molecule has 0 aromatic heterocycles. The lowest BCUT2D eigenvalue weighted by Gasteiger charge is -2.04. The largest absolute Gasteiger partial charge is 0.423 e. The second-order valence-electron chi connectivity index (χ2n) is 3.25. The lowest BCUT2D eigenvalue weighted by atomic mass is 10.2. The number of carbonyl (C=O) groups is 1. The summed E-state index contributed by atoms with van der Waals surface area (Å²) in [6.45, 7) is 0. The second kappa shape index (κ2) is 5.21. The molecule has 0 N–H and O–H groups in total. The SMILES string of the molecule is O=C(Oc1cc[c]cc1)c1ccc(Cl)c(Cl)c1. The zero-order valence-corrected chi connectivity index (χ0v) is 10.1. The fraction of sp³-hybridized carbons (Fsp3) is 0. The van der Waals surface area contributed by atoms with Crippen molar-refractivity contribution in [2.45, 2.75) is 0 Å². The summed E-state index contributed by atoms with van der Waals surface area (Å²) in [6, 6.07) is 14.0. The Hall–Kier alpha value is -1.51. The molecule has 0 heterocycles. The third kappa shape index (κ3) is 2.99. The van der Waals surface area contributed by atoms with Crippen molar-refractivity contribution in [3.8, 4) is 5.75 Å². The minimum Gasteiger partial charge on any atom is -0.423 e. The van der Waals surface area contributed by atoms with Crippen molar-refractivity contribution in [2.75, 3.05) is 0 Å². The van der Waals surface area contributed by atoms with Crippen LogP contribution in [-0.2, 0) is 0 Å². The van der Waals surface area contributed by atoms with Gasteiger partial charge in [-0.05, 0) is 36.4 Å². The van der Waals surface area contributed by atoms with Gasteiger partial charge in [-0.2, -0.15) is 0 Å². The number of hydrogen-bond donors (Lipinski definition) is 0. The maximum Gasteiger partial charge on any atom is 0.343 e. The first-order valence-electron chi connectivity index (χ1n) is 4.80. The van der Waals surface area contributed by atoms with E-state index in [1.54, 1.807) is 36.4 Å². The first-order chi connectivity index (χ1) is 8.16. The van der Waals surface area contributed by atoms with E-state index in [0.29, 0.717) is 21.4 Å². The van der Waals surface area contributed by atoms with Crippen molar-refractivity contribution < 1.29 is 9.53 Å². The van der Waals surface area contributed by atoms with E-state index in [-0.39, 0.29) is 0 Å². The molecule has 2 aromatic rings. The van der Waals surface area contributed by atoms with Crippen molar-refractivity contribution >= 4 is 29.2 Å². The fourth-order valence-corrected chi connectivity index (χ4v) is 1.53. The van der Waals surface area contributed by atoms with Crippen LogP contribution < -0.4 is 4.74 Å². The van der Waals surface area contributed by atoms with Gasteiger partial charge in [-0.1, -0.05) is 35.3 Å². The first kappa shape index (κ1) is 12.0.